The molecule has 0 bridgehead atoms. The monoisotopic (exact) mass is 142 g/mol. The molecule has 1 rings (SSSR count). The van der Waals surface area contributed by atoms with Crippen LogP contribution in [0, 0.1) is 0 Å². The molecule has 0 atom stereocenters. The van der Waals surface area contributed by atoms with E-state index in [1.54, 1.807) is 6.07 Å². The number of rotatable bonds is 0. The van der Waals surface area contributed by atoms with Gasteiger partial charge in [-0.2, -0.15) is 0 Å². The average molecular weight is 142 g/mol. The van der Waals surface area contributed by atoms with E-state index in [1.807, 2.05) is 0 Å². The third kappa shape index (κ3) is 2.19. The number of hydrogen-bond donors (Lipinski definition) is 2. The molecular weight excluding hydrogens is 132 g/mol. The van der Waals surface area contributed by atoms with E-state index in [0.29, 0.717) is 0 Å². The van der Waals surface area contributed by atoms with Gasteiger partial charge in [-0.25, -0.2) is 0 Å². The summed E-state index contributed by atoms with van der Waals surface area (Å²) in [6.07, 6.45) is 0. The summed E-state index contributed by atoms with van der Waals surface area (Å²) >= 11 is 0. The Labute approximate surface area is 57.8 Å². The Morgan fingerprint density at radius 2 is 1.44 bits per heavy atom. The molecule has 1 aromatic carbocycles. The second-order valence-electron chi connectivity index (χ2n) is 1.52. The molecule has 0 amide bonds. The molecule has 0 aromatic heterocycles. The van der Waals surface area contributed by atoms with Gasteiger partial charge in [-0.05, 0) is 23.1 Å². The van der Waals surface area contributed by atoms with Gasteiger partial charge in [0.2, 0.25) is 0 Å². The summed E-state index contributed by atoms with van der Waals surface area (Å²) in [4.78, 5) is 0. The second-order valence-corrected chi connectivity index (χ2v) is 1.52. The number of aromatic hydroxyl groups is 2. The Kier molecular flexibility index (Phi) is 2.80. The fraction of sp³-hybridized carbons (Fsp3) is 0. The highest BCUT2D eigenvalue weighted by molar-refractivity contribution is 5.75. The fourth-order valence-corrected chi connectivity index (χ4v) is 0.493. The van der Waals surface area contributed by atoms with Crippen LogP contribution in [-0.4, -0.2) is 21.2 Å². The number of hydrogen-bond acceptors (Lipinski definition) is 2. The van der Waals surface area contributed by atoms with Crippen molar-refractivity contribution >= 4 is 11.0 Å². The average Bonchev–Trinajstić information content (AvgIpc) is 1.64. The summed E-state index contributed by atoms with van der Waals surface area (Å²) in [6.45, 7) is 0. The predicted octanol–water partition coefficient (Wildman–Crippen LogP) is -0.354. The van der Waals surface area contributed by atoms with E-state index in [2.05, 4.69) is 0 Å². The number of phenolic OH excluding ortho intramolecular Hbond substituents is 2. The van der Waals surface area contributed by atoms with E-state index in [0.717, 1.165) is 0 Å². The van der Waals surface area contributed by atoms with Crippen molar-refractivity contribution in [2.75, 3.05) is 0 Å². The Bertz CT molecular complexity index is 171. The van der Waals surface area contributed by atoms with Crippen LogP contribution >= 0.6 is 0 Å². The summed E-state index contributed by atoms with van der Waals surface area (Å²) < 4.78 is 0. The largest absolute Gasteiger partial charge is 0.508 e. The molecule has 0 unspecified atom stereocenters. The van der Waals surface area contributed by atoms with E-state index in [-0.39, 0.29) is 22.5 Å². The van der Waals surface area contributed by atoms with Gasteiger partial charge in [-0.1, -0.05) is 6.07 Å². The van der Waals surface area contributed by atoms with Crippen LogP contribution in [0.5, 0.6) is 11.5 Å². The van der Waals surface area contributed by atoms with Crippen LogP contribution in [0.4, 0.5) is 0 Å². The van der Waals surface area contributed by atoms with Gasteiger partial charge >= 0.3 is 0 Å². The summed E-state index contributed by atoms with van der Waals surface area (Å²) in [5.74, 6) is 0.176. The molecule has 1 aromatic rings. The third-order valence-electron chi connectivity index (χ3n) is 0.830. The summed E-state index contributed by atoms with van der Waals surface area (Å²) in [7, 11) is 0. The van der Waals surface area contributed by atoms with Crippen molar-refractivity contribution in [1.29, 1.82) is 0 Å². The normalized spacial score (nSPS) is 8.00. The molecule has 0 aliphatic carbocycles. The number of phenols is 2. The minimum atomic E-state index is 0. The van der Waals surface area contributed by atoms with E-state index < -0.39 is 0 Å². The molecule has 0 saturated carbocycles. The Morgan fingerprint density at radius 1 is 1.00 bits per heavy atom. The van der Waals surface area contributed by atoms with Crippen LogP contribution in [0.3, 0.4) is 0 Å². The lowest BCUT2D eigenvalue weighted by Crippen LogP contribution is -1.61. The van der Waals surface area contributed by atoms with Crippen molar-refractivity contribution in [3.63, 3.8) is 0 Å². The molecule has 2 nitrogen and oxygen atoms in total. The lowest BCUT2D eigenvalue weighted by Gasteiger charge is -1.89. The molecular formula is C6H10O2Si. The van der Waals surface area contributed by atoms with Crippen molar-refractivity contribution in [2.24, 2.45) is 0 Å². The summed E-state index contributed by atoms with van der Waals surface area (Å²) in [6, 6.07) is 5.85. The maximum atomic E-state index is 8.65. The van der Waals surface area contributed by atoms with Gasteiger partial charge in [0.25, 0.3) is 0 Å². The molecule has 0 heterocycles. The zero-order valence-electron chi connectivity index (χ0n) is 4.20. The van der Waals surface area contributed by atoms with Crippen LogP contribution in [0.15, 0.2) is 24.3 Å². The maximum Gasteiger partial charge on any atom is 0.119 e. The first-order chi connectivity index (χ1) is 3.79. The highest BCUT2D eigenvalue weighted by atomic mass is 28.1. The second kappa shape index (κ2) is 3.14. The van der Waals surface area contributed by atoms with Gasteiger partial charge in [-0.3, -0.25) is 0 Å². The molecule has 0 radical (unpaired) electrons. The topological polar surface area (TPSA) is 40.5 Å². The zero-order valence-corrected chi connectivity index (χ0v) is 4.20. The molecule has 50 valence electrons. The van der Waals surface area contributed by atoms with Crippen molar-refractivity contribution in [1.82, 2.24) is 0 Å². The minimum absolute atomic E-state index is 0. The van der Waals surface area contributed by atoms with E-state index >= 15 is 0 Å². The van der Waals surface area contributed by atoms with Crippen LogP contribution < -0.4 is 0 Å². The van der Waals surface area contributed by atoms with Gasteiger partial charge < -0.3 is 10.2 Å². The predicted molar refractivity (Wildman–Crippen MR) is 41.1 cm³/mol. The summed E-state index contributed by atoms with van der Waals surface area (Å²) in [5, 5.41) is 17.3. The quantitative estimate of drug-likeness (QED) is 0.486. The number of benzene rings is 1. The van der Waals surface area contributed by atoms with Crippen molar-refractivity contribution in [3.8, 4) is 11.5 Å². The first-order valence-corrected chi connectivity index (χ1v) is 2.27. The van der Waals surface area contributed by atoms with E-state index in [4.69, 9.17) is 10.2 Å². The van der Waals surface area contributed by atoms with Gasteiger partial charge in [0.05, 0.1) is 0 Å². The van der Waals surface area contributed by atoms with Gasteiger partial charge in [0.1, 0.15) is 11.5 Å². The van der Waals surface area contributed by atoms with Gasteiger partial charge in [0, 0.05) is 6.07 Å². The van der Waals surface area contributed by atoms with Crippen LogP contribution in [0.1, 0.15) is 0 Å². The molecule has 0 spiro atoms. The summed E-state index contributed by atoms with van der Waals surface area (Å²) in [5.41, 5.74) is 0. The maximum absolute atomic E-state index is 8.65. The lowest BCUT2D eigenvalue weighted by molar-refractivity contribution is 0.450. The fourth-order valence-electron chi connectivity index (χ4n) is 0.493. The van der Waals surface area contributed by atoms with E-state index in [9.17, 15) is 0 Å². The van der Waals surface area contributed by atoms with Gasteiger partial charge in [-0.15, -0.1) is 0 Å². The Morgan fingerprint density at radius 3 is 1.67 bits per heavy atom. The Balaban J connectivity index is 0.000000640. The minimum Gasteiger partial charge on any atom is -0.508 e. The molecule has 2 N–H and O–H groups in total. The van der Waals surface area contributed by atoms with Crippen molar-refractivity contribution in [2.45, 2.75) is 0 Å². The highest BCUT2D eigenvalue weighted by Crippen LogP contribution is 2.14. The van der Waals surface area contributed by atoms with Crippen molar-refractivity contribution < 1.29 is 10.2 Å². The van der Waals surface area contributed by atoms with Crippen LogP contribution in [0.25, 0.3) is 0 Å². The molecule has 9 heavy (non-hydrogen) atoms. The highest BCUT2D eigenvalue weighted by Gasteiger charge is 1.85. The van der Waals surface area contributed by atoms with Gasteiger partial charge in [0.15, 0.2) is 0 Å². The Hall–Kier alpha value is -0.963. The van der Waals surface area contributed by atoms with E-state index in [1.165, 1.54) is 18.2 Å². The molecule has 0 saturated heterocycles. The standard InChI is InChI=1S/C6H6O2.H4Si/c7-5-2-1-3-6(8)4-5;/h1-4,7-8H;1H4. The van der Waals surface area contributed by atoms with Crippen molar-refractivity contribution in [3.05, 3.63) is 24.3 Å². The molecule has 0 aliphatic rings. The van der Waals surface area contributed by atoms with Crippen LogP contribution in [-0.2, 0) is 0 Å². The first-order valence-electron chi connectivity index (χ1n) is 2.27. The zero-order chi connectivity index (χ0) is 5.98. The molecule has 3 heteroatoms. The smallest absolute Gasteiger partial charge is 0.119 e. The lowest BCUT2D eigenvalue weighted by atomic mass is 10.3. The van der Waals surface area contributed by atoms with Crippen LogP contribution in [0.2, 0.25) is 0 Å². The third-order valence-corrected chi connectivity index (χ3v) is 0.830. The molecule has 0 fully saturated rings. The SMILES string of the molecule is Oc1cccc(O)c1.[SiH4]. The molecule has 0 aliphatic heterocycles. The first kappa shape index (κ1) is 8.04.